The molecule has 1 atom stereocenters. The molecular formula is C20H27FN4OS. The minimum atomic E-state index is -0.316. The molecule has 27 heavy (non-hydrogen) atoms. The van der Waals surface area contributed by atoms with Gasteiger partial charge in [-0.3, -0.25) is 0 Å². The number of ether oxygens (including phenoxy) is 1. The van der Waals surface area contributed by atoms with Crippen LogP contribution >= 0.6 is 11.3 Å². The summed E-state index contributed by atoms with van der Waals surface area (Å²) < 4.78 is 19.9. The van der Waals surface area contributed by atoms with Crippen molar-refractivity contribution in [1.29, 1.82) is 0 Å². The molecule has 0 radical (unpaired) electrons. The SMILES string of the molecule is CCNC(=NCc1cnc(C)s1)NC(C)c1ccc(OCC2CC2)c(F)c1. The summed E-state index contributed by atoms with van der Waals surface area (Å²) in [7, 11) is 0. The van der Waals surface area contributed by atoms with E-state index in [1.54, 1.807) is 17.4 Å². The van der Waals surface area contributed by atoms with Crippen molar-refractivity contribution in [2.24, 2.45) is 10.9 Å². The van der Waals surface area contributed by atoms with Crippen LogP contribution in [0.2, 0.25) is 0 Å². The third-order valence-electron chi connectivity index (χ3n) is 4.39. The summed E-state index contributed by atoms with van der Waals surface area (Å²) in [4.78, 5) is 9.97. The average molecular weight is 391 g/mol. The van der Waals surface area contributed by atoms with Crippen LogP contribution in [-0.2, 0) is 6.54 Å². The molecule has 0 aliphatic heterocycles. The zero-order valence-electron chi connectivity index (χ0n) is 16.1. The molecular weight excluding hydrogens is 363 g/mol. The lowest BCUT2D eigenvalue weighted by Gasteiger charge is -2.19. The van der Waals surface area contributed by atoms with Crippen molar-refractivity contribution in [3.05, 3.63) is 45.7 Å². The molecule has 2 N–H and O–H groups in total. The molecule has 0 bridgehead atoms. The largest absolute Gasteiger partial charge is 0.490 e. The van der Waals surface area contributed by atoms with Gasteiger partial charge in [-0.1, -0.05) is 6.07 Å². The zero-order chi connectivity index (χ0) is 19.2. The molecule has 1 aromatic carbocycles. The predicted molar refractivity (Wildman–Crippen MR) is 108 cm³/mol. The molecule has 1 aromatic heterocycles. The van der Waals surface area contributed by atoms with E-state index in [1.807, 2.05) is 33.0 Å². The van der Waals surface area contributed by atoms with E-state index in [1.165, 1.54) is 18.9 Å². The predicted octanol–water partition coefficient (Wildman–Crippen LogP) is 4.20. The van der Waals surface area contributed by atoms with Crippen LogP contribution in [0.3, 0.4) is 0 Å². The number of guanidine groups is 1. The Kier molecular flexibility index (Phi) is 6.66. The van der Waals surface area contributed by atoms with Gasteiger partial charge < -0.3 is 15.4 Å². The number of thiazole rings is 1. The summed E-state index contributed by atoms with van der Waals surface area (Å²) in [5.74, 6) is 1.32. The Hall–Kier alpha value is -2.15. The zero-order valence-corrected chi connectivity index (χ0v) is 16.9. The van der Waals surface area contributed by atoms with Gasteiger partial charge in [0.2, 0.25) is 0 Å². The summed E-state index contributed by atoms with van der Waals surface area (Å²) >= 11 is 1.64. The fourth-order valence-electron chi connectivity index (χ4n) is 2.64. The number of nitrogens with zero attached hydrogens (tertiary/aromatic N) is 2. The number of halogens is 1. The van der Waals surface area contributed by atoms with E-state index in [9.17, 15) is 4.39 Å². The third kappa shape index (κ3) is 5.92. The van der Waals surface area contributed by atoms with Gasteiger partial charge >= 0.3 is 0 Å². The number of aryl methyl sites for hydroxylation is 1. The number of benzene rings is 1. The molecule has 1 unspecified atom stereocenters. The van der Waals surface area contributed by atoms with Gasteiger partial charge in [0.1, 0.15) is 0 Å². The van der Waals surface area contributed by atoms with E-state index in [0.29, 0.717) is 30.8 Å². The maximum atomic E-state index is 14.3. The average Bonchev–Trinajstić information content (AvgIpc) is 3.38. The minimum Gasteiger partial charge on any atom is -0.490 e. The summed E-state index contributed by atoms with van der Waals surface area (Å²) in [6, 6.07) is 5.07. The van der Waals surface area contributed by atoms with E-state index in [0.717, 1.165) is 22.0 Å². The standard InChI is InChI=1S/C20H27FN4OS/c1-4-22-20(24-11-17-10-23-14(3)27-17)25-13(2)16-7-8-19(18(21)9-16)26-12-15-5-6-15/h7-10,13,15H,4-6,11-12H2,1-3H3,(H2,22,24,25). The Labute approximate surface area is 164 Å². The van der Waals surface area contributed by atoms with E-state index in [-0.39, 0.29) is 11.9 Å². The number of hydrogen-bond donors (Lipinski definition) is 2. The molecule has 1 aliphatic carbocycles. The number of hydrogen-bond acceptors (Lipinski definition) is 4. The number of aromatic nitrogens is 1. The van der Waals surface area contributed by atoms with Gasteiger partial charge in [0, 0.05) is 17.6 Å². The van der Waals surface area contributed by atoms with Crippen molar-refractivity contribution in [1.82, 2.24) is 15.6 Å². The van der Waals surface area contributed by atoms with Gasteiger partial charge in [0.15, 0.2) is 17.5 Å². The molecule has 146 valence electrons. The van der Waals surface area contributed by atoms with Crippen molar-refractivity contribution in [3.8, 4) is 5.75 Å². The fraction of sp³-hybridized carbons (Fsp3) is 0.500. The molecule has 3 rings (SSSR count). The molecule has 1 saturated carbocycles. The van der Waals surface area contributed by atoms with E-state index in [2.05, 4.69) is 20.6 Å². The minimum absolute atomic E-state index is 0.0852. The summed E-state index contributed by atoms with van der Waals surface area (Å²) in [6.07, 6.45) is 4.23. The van der Waals surface area contributed by atoms with E-state index < -0.39 is 0 Å². The quantitative estimate of drug-likeness (QED) is 0.524. The Bertz CT molecular complexity index is 788. The van der Waals surface area contributed by atoms with Gasteiger partial charge in [0.05, 0.1) is 24.2 Å². The van der Waals surface area contributed by atoms with Crippen molar-refractivity contribution < 1.29 is 9.13 Å². The van der Waals surface area contributed by atoms with Crippen LogP contribution in [0.4, 0.5) is 4.39 Å². The molecule has 0 amide bonds. The lowest BCUT2D eigenvalue weighted by Crippen LogP contribution is -2.38. The first-order chi connectivity index (χ1) is 13.0. The number of aliphatic imine (C=N–C) groups is 1. The van der Waals surface area contributed by atoms with Gasteiger partial charge in [0.25, 0.3) is 0 Å². The Morgan fingerprint density at radius 3 is 2.89 bits per heavy atom. The summed E-state index contributed by atoms with van der Waals surface area (Å²) in [6.45, 7) is 7.92. The Morgan fingerprint density at radius 1 is 1.44 bits per heavy atom. The highest BCUT2D eigenvalue weighted by Crippen LogP contribution is 2.30. The summed E-state index contributed by atoms with van der Waals surface area (Å²) in [5, 5.41) is 7.60. The van der Waals surface area contributed by atoms with Crippen LogP contribution < -0.4 is 15.4 Å². The van der Waals surface area contributed by atoms with Crippen molar-refractivity contribution in [3.63, 3.8) is 0 Å². The van der Waals surface area contributed by atoms with E-state index in [4.69, 9.17) is 4.74 Å². The highest BCUT2D eigenvalue weighted by Gasteiger charge is 2.22. The molecule has 1 fully saturated rings. The molecule has 1 heterocycles. The second-order valence-corrected chi connectivity index (χ2v) is 8.17. The normalized spacial score (nSPS) is 15.5. The van der Waals surface area contributed by atoms with Crippen LogP contribution in [0.1, 0.15) is 48.2 Å². The molecule has 0 spiro atoms. The van der Waals surface area contributed by atoms with Crippen LogP contribution in [0, 0.1) is 18.7 Å². The second kappa shape index (κ2) is 9.17. The topological polar surface area (TPSA) is 58.5 Å². The van der Waals surface area contributed by atoms with Crippen LogP contribution in [0.5, 0.6) is 5.75 Å². The van der Waals surface area contributed by atoms with Crippen LogP contribution in [0.25, 0.3) is 0 Å². The van der Waals surface area contributed by atoms with Crippen molar-refractivity contribution >= 4 is 17.3 Å². The number of rotatable bonds is 8. The number of nitrogens with one attached hydrogen (secondary N) is 2. The second-order valence-electron chi connectivity index (χ2n) is 6.85. The highest BCUT2D eigenvalue weighted by atomic mass is 32.1. The lowest BCUT2D eigenvalue weighted by molar-refractivity contribution is 0.285. The highest BCUT2D eigenvalue weighted by molar-refractivity contribution is 7.11. The Morgan fingerprint density at radius 2 is 2.26 bits per heavy atom. The van der Waals surface area contributed by atoms with Gasteiger partial charge in [-0.2, -0.15) is 0 Å². The smallest absolute Gasteiger partial charge is 0.192 e. The molecule has 1 aliphatic rings. The molecule has 0 saturated heterocycles. The first kappa shape index (κ1) is 19.6. The Balaban J connectivity index is 1.61. The van der Waals surface area contributed by atoms with Gasteiger partial charge in [-0.05, 0) is 57.2 Å². The molecule has 7 heteroatoms. The molecule has 5 nitrogen and oxygen atoms in total. The first-order valence-corrected chi connectivity index (χ1v) is 10.2. The maximum absolute atomic E-state index is 14.3. The van der Waals surface area contributed by atoms with E-state index >= 15 is 0 Å². The monoisotopic (exact) mass is 390 g/mol. The van der Waals surface area contributed by atoms with Gasteiger partial charge in [-0.15, -0.1) is 11.3 Å². The first-order valence-electron chi connectivity index (χ1n) is 9.43. The van der Waals surface area contributed by atoms with Crippen LogP contribution in [0.15, 0.2) is 29.4 Å². The summed E-state index contributed by atoms with van der Waals surface area (Å²) in [5.41, 5.74) is 0.852. The van der Waals surface area contributed by atoms with Crippen molar-refractivity contribution in [2.75, 3.05) is 13.2 Å². The van der Waals surface area contributed by atoms with Gasteiger partial charge in [-0.25, -0.2) is 14.4 Å². The van der Waals surface area contributed by atoms with Crippen LogP contribution in [-0.4, -0.2) is 24.1 Å². The maximum Gasteiger partial charge on any atom is 0.192 e. The molecule has 2 aromatic rings. The van der Waals surface area contributed by atoms with Crippen molar-refractivity contribution in [2.45, 2.75) is 46.2 Å². The fourth-order valence-corrected chi connectivity index (χ4v) is 3.36. The third-order valence-corrected chi connectivity index (χ3v) is 5.28. The lowest BCUT2D eigenvalue weighted by atomic mass is 10.1.